The predicted molar refractivity (Wildman–Crippen MR) is 103 cm³/mol. The number of amides is 1. The minimum absolute atomic E-state index is 0.201. The van der Waals surface area contributed by atoms with Crippen LogP contribution < -0.4 is 4.90 Å². The Balaban J connectivity index is 1.45. The molecule has 0 bridgehead atoms. The predicted octanol–water partition coefficient (Wildman–Crippen LogP) is 4.25. The van der Waals surface area contributed by atoms with Gasteiger partial charge in [-0.1, -0.05) is 12.1 Å². The fourth-order valence-corrected chi connectivity index (χ4v) is 4.46. The first kappa shape index (κ1) is 18.9. The third-order valence-electron chi connectivity index (χ3n) is 4.42. The minimum atomic E-state index is -4.41. The van der Waals surface area contributed by atoms with E-state index in [1.807, 2.05) is 5.38 Å². The molecular formula is C18H15F3N4OS2. The number of thiazole rings is 2. The average molecular weight is 424 g/mol. The Hall–Kier alpha value is -2.46. The summed E-state index contributed by atoms with van der Waals surface area (Å²) in [5.74, 6) is -0.201. The number of hydrogen-bond acceptors (Lipinski definition) is 6. The van der Waals surface area contributed by atoms with Gasteiger partial charge in [-0.05, 0) is 12.1 Å². The van der Waals surface area contributed by atoms with E-state index in [-0.39, 0.29) is 11.6 Å². The van der Waals surface area contributed by atoms with E-state index in [2.05, 4.69) is 14.9 Å². The zero-order valence-electron chi connectivity index (χ0n) is 14.5. The summed E-state index contributed by atoms with van der Waals surface area (Å²) < 4.78 is 38.7. The number of carbonyl (C=O) groups is 1. The van der Waals surface area contributed by atoms with E-state index < -0.39 is 11.7 Å². The molecule has 28 heavy (non-hydrogen) atoms. The van der Waals surface area contributed by atoms with Gasteiger partial charge in [0.05, 0.1) is 5.56 Å². The molecule has 0 aliphatic carbocycles. The third-order valence-corrected chi connectivity index (χ3v) is 6.14. The molecule has 4 rings (SSSR count). The Morgan fingerprint density at radius 2 is 1.89 bits per heavy atom. The van der Waals surface area contributed by atoms with Crippen LogP contribution in [0.4, 0.5) is 18.3 Å². The lowest BCUT2D eigenvalue weighted by molar-refractivity contribution is -0.137. The number of hydrogen-bond donors (Lipinski definition) is 0. The van der Waals surface area contributed by atoms with Crippen molar-refractivity contribution < 1.29 is 18.0 Å². The summed E-state index contributed by atoms with van der Waals surface area (Å²) in [5, 5.41) is 4.85. The maximum absolute atomic E-state index is 12.9. The number of anilines is 1. The highest BCUT2D eigenvalue weighted by Gasteiger charge is 2.31. The monoisotopic (exact) mass is 424 g/mol. The number of piperazine rings is 1. The van der Waals surface area contributed by atoms with Crippen LogP contribution in [-0.4, -0.2) is 47.0 Å². The number of nitrogens with zero attached hydrogens (tertiary/aromatic N) is 4. The first-order chi connectivity index (χ1) is 13.4. The molecule has 1 aromatic carbocycles. The maximum atomic E-state index is 12.9. The molecule has 1 fully saturated rings. The molecule has 1 saturated heterocycles. The van der Waals surface area contributed by atoms with Crippen LogP contribution in [0, 0.1) is 0 Å². The number of aromatic nitrogens is 2. The Kier molecular flexibility index (Phi) is 5.07. The van der Waals surface area contributed by atoms with Crippen molar-refractivity contribution in [2.45, 2.75) is 6.18 Å². The summed E-state index contributed by atoms with van der Waals surface area (Å²) in [4.78, 5) is 25.1. The van der Waals surface area contributed by atoms with Gasteiger partial charge in [0, 0.05) is 48.7 Å². The number of alkyl halides is 3. The van der Waals surface area contributed by atoms with Crippen molar-refractivity contribution in [2.24, 2.45) is 0 Å². The highest BCUT2D eigenvalue weighted by atomic mass is 32.1. The average Bonchev–Trinajstić information content (AvgIpc) is 3.39. The van der Waals surface area contributed by atoms with Gasteiger partial charge in [-0.3, -0.25) is 4.79 Å². The van der Waals surface area contributed by atoms with Gasteiger partial charge in [-0.25, -0.2) is 9.97 Å². The second-order valence-electron chi connectivity index (χ2n) is 6.21. The SMILES string of the molecule is O=C(c1csc(-c2cccc(C(F)(F)F)c2)n1)N1CCN(c2nccs2)CC1. The summed E-state index contributed by atoms with van der Waals surface area (Å²) in [5.41, 5.74) is -0.112. The maximum Gasteiger partial charge on any atom is 0.416 e. The highest BCUT2D eigenvalue weighted by Crippen LogP contribution is 2.33. The van der Waals surface area contributed by atoms with Gasteiger partial charge in [-0.15, -0.1) is 22.7 Å². The molecule has 3 heterocycles. The van der Waals surface area contributed by atoms with Gasteiger partial charge in [0.2, 0.25) is 0 Å². The van der Waals surface area contributed by atoms with Crippen LogP contribution in [0.15, 0.2) is 41.2 Å². The zero-order valence-corrected chi connectivity index (χ0v) is 16.2. The molecule has 1 aliphatic heterocycles. The quantitative estimate of drug-likeness (QED) is 0.631. The number of rotatable bonds is 3. The van der Waals surface area contributed by atoms with Gasteiger partial charge in [0.25, 0.3) is 5.91 Å². The van der Waals surface area contributed by atoms with Gasteiger partial charge in [-0.2, -0.15) is 13.2 Å². The standard InChI is InChI=1S/C18H15F3N4OS2/c19-18(20,21)13-3-1-2-12(10-13)15-23-14(11-28-15)16(26)24-5-7-25(8-6-24)17-22-4-9-27-17/h1-4,9-11H,5-8H2. The fraction of sp³-hybridized carbons (Fsp3) is 0.278. The van der Waals surface area contributed by atoms with E-state index in [0.29, 0.717) is 36.8 Å². The number of benzene rings is 1. The van der Waals surface area contributed by atoms with Crippen molar-refractivity contribution >= 4 is 33.7 Å². The van der Waals surface area contributed by atoms with E-state index in [9.17, 15) is 18.0 Å². The molecule has 10 heteroatoms. The van der Waals surface area contributed by atoms with Gasteiger partial charge in [0.15, 0.2) is 5.13 Å². The summed E-state index contributed by atoms with van der Waals surface area (Å²) in [7, 11) is 0. The van der Waals surface area contributed by atoms with Crippen molar-refractivity contribution in [3.05, 3.63) is 52.5 Å². The Labute approximate surface area is 167 Å². The van der Waals surface area contributed by atoms with Crippen LogP contribution in [0.2, 0.25) is 0 Å². The molecule has 0 unspecified atom stereocenters. The first-order valence-corrected chi connectivity index (χ1v) is 10.2. The summed E-state index contributed by atoms with van der Waals surface area (Å²) >= 11 is 2.73. The zero-order chi connectivity index (χ0) is 19.7. The summed E-state index contributed by atoms with van der Waals surface area (Å²) in [6.07, 6.45) is -2.66. The van der Waals surface area contributed by atoms with Crippen molar-refractivity contribution in [1.29, 1.82) is 0 Å². The molecule has 0 N–H and O–H groups in total. The van der Waals surface area contributed by atoms with Gasteiger partial charge >= 0.3 is 6.18 Å². The second kappa shape index (κ2) is 7.51. The van der Waals surface area contributed by atoms with Crippen LogP contribution in [-0.2, 0) is 6.18 Å². The second-order valence-corrected chi connectivity index (χ2v) is 7.94. The third kappa shape index (κ3) is 3.88. The smallest absolute Gasteiger partial charge is 0.345 e. The van der Waals surface area contributed by atoms with E-state index in [1.165, 1.54) is 17.4 Å². The van der Waals surface area contributed by atoms with Gasteiger partial charge < -0.3 is 9.80 Å². The molecule has 0 atom stereocenters. The largest absolute Gasteiger partial charge is 0.416 e. The molecule has 0 spiro atoms. The van der Waals surface area contributed by atoms with Crippen LogP contribution in [0.25, 0.3) is 10.6 Å². The van der Waals surface area contributed by atoms with E-state index in [4.69, 9.17) is 0 Å². The van der Waals surface area contributed by atoms with E-state index in [0.717, 1.165) is 17.3 Å². The van der Waals surface area contributed by atoms with Crippen molar-refractivity contribution in [3.8, 4) is 10.6 Å². The van der Waals surface area contributed by atoms with Crippen molar-refractivity contribution in [1.82, 2.24) is 14.9 Å². The summed E-state index contributed by atoms with van der Waals surface area (Å²) in [6.45, 7) is 2.47. The molecule has 0 saturated carbocycles. The Bertz CT molecular complexity index is 963. The molecule has 1 amide bonds. The highest BCUT2D eigenvalue weighted by molar-refractivity contribution is 7.13. The first-order valence-electron chi connectivity index (χ1n) is 8.49. The molecule has 1 aliphatic rings. The van der Waals surface area contributed by atoms with E-state index in [1.54, 1.807) is 33.9 Å². The molecule has 5 nitrogen and oxygen atoms in total. The van der Waals surface area contributed by atoms with Crippen LogP contribution in [0.1, 0.15) is 16.1 Å². The lowest BCUT2D eigenvalue weighted by Crippen LogP contribution is -2.48. The molecule has 2 aromatic heterocycles. The van der Waals surface area contributed by atoms with Crippen LogP contribution >= 0.6 is 22.7 Å². The lowest BCUT2D eigenvalue weighted by atomic mass is 10.1. The van der Waals surface area contributed by atoms with Gasteiger partial charge in [0.1, 0.15) is 10.7 Å². The molecular weight excluding hydrogens is 409 g/mol. The summed E-state index contributed by atoms with van der Waals surface area (Å²) in [6, 6.07) is 4.99. The topological polar surface area (TPSA) is 49.3 Å². The van der Waals surface area contributed by atoms with Crippen molar-refractivity contribution in [3.63, 3.8) is 0 Å². The molecule has 3 aromatic rings. The van der Waals surface area contributed by atoms with E-state index >= 15 is 0 Å². The van der Waals surface area contributed by atoms with Crippen LogP contribution in [0.3, 0.4) is 0 Å². The molecule has 146 valence electrons. The molecule has 0 radical (unpaired) electrons. The number of carbonyl (C=O) groups excluding carboxylic acids is 1. The minimum Gasteiger partial charge on any atom is -0.345 e. The normalized spacial score (nSPS) is 15.1. The lowest BCUT2D eigenvalue weighted by Gasteiger charge is -2.34. The van der Waals surface area contributed by atoms with Crippen LogP contribution in [0.5, 0.6) is 0 Å². The Morgan fingerprint density at radius 3 is 2.57 bits per heavy atom. The Morgan fingerprint density at radius 1 is 1.11 bits per heavy atom. The fourth-order valence-electron chi connectivity index (χ4n) is 2.97. The number of halogens is 3. The van der Waals surface area contributed by atoms with Crippen molar-refractivity contribution in [2.75, 3.05) is 31.1 Å².